The number of esters is 1. The SMILES string of the molecule is COc1ccc(C(Cc2c(Cl)c[n+]([O-])cc2Cl)c2cc(NC(C(=O)O[C@H]3CN4CCC3CC4)c3ccc(F)cc3)ccc2C(=O)O)cc1OC. The summed E-state index contributed by atoms with van der Waals surface area (Å²) in [6.45, 7) is 2.62. The van der Waals surface area contributed by atoms with Crippen LogP contribution in [-0.4, -0.2) is 61.9 Å². The van der Waals surface area contributed by atoms with Gasteiger partial charge in [0.15, 0.2) is 29.9 Å². The lowest BCUT2D eigenvalue weighted by atomic mass is 9.83. The zero-order chi connectivity index (χ0) is 35.5. The molecule has 262 valence electrons. The quantitative estimate of drug-likeness (QED) is 0.0940. The molecule has 50 heavy (non-hydrogen) atoms. The van der Waals surface area contributed by atoms with E-state index in [4.69, 9.17) is 37.4 Å². The number of hydrogen-bond acceptors (Lipinski definition) is 8. The molecule has 3 fully saturated rings. The highest BCUT2D eigenvalue weighted by Gasteiger charge is 2.38. The first-order valence-electron chi connectivity index (χ1n) is 16.1. The second-order valence-electron chi connectivity index (χ2n) is 12.5. The molecule has 0 radical (unpaired) electrons. The van der Waals surface area contributed by atoms with Crippen LogP contribution in [0.4, 0.5) is 10.1 Å². The van der Waals surface area contributed by atoms with Gasteiger partial charge in [0.2, 0.25) is 0 Å². The third kappa shape index (κ3) is 7.60. The van der Waals surface area contributed by atoms with Crippen LogP contribution < -0.4 is 19.5 Å². The molecule has 0 aliphatic carbocycles. The molecule has 0 spiro atoms. The number of fused-ring (bicyclic) bond motifs is 3. The fourth-order valence-corrected chi connectivity index (χ4v) is 7.50. The highest BCUT2D eigenvalue weighted by Crippen LogP contribution is 2.40. The maximum absolute atomic E-state index is 14.0. The number of ether oxygens (including phenoxy) is 3. The summed E-state index contributed by atoms with van der Waals surface area (Å²) in [5, 5.41) is 25.9. The topological polar surface area (TPSA) is 124 Å². The van der Waals surface area contributed by atoms with Gasteiger partial charge in [-0.05, 0) is 97.4 Å². The summed E-state index contributed by atoms with van der Waals surface area (Å²) in [7, 11) is 3.00. The number of hydrogen-bond donors (Lipinski definition) is 2. The van der Waals surface area contributed by atoms with Crippen LogP contribution in [0, 0.1) is 16.9 Å². The molecular formula is C37H36Cl2FN3O7. The van der Waals surface area contributed by atoms with E-state index in [0.29, 0.717) is 50.7 Å². The summed E-state index contributed by atoms with van der Waals surface area (Å²) in [5.74, 6) is -1.70. The van der Waals surface area contributed by atoms with Crippen molar-refractivity contribution in [2.45, 2.75) is 37.3 Å². The Kier molecular flexibility index (Phi) is 10.7. The van der Waals surface area contributed by atoms with Crippen LogP contribution in [0.2, 0.25) is 10.0 Å². The van der Waals surface area contributed by atoms with Crippen molar-refractivity contribution in [3.8, 4) is 11.5 Å². The summed E-state index contributed by atoms with van der Waals surface area (Å²) in [4.78, 5) is 28.9. The molecule has 0 amide bonds. The molecule has 3 aromatic carbocycles. The van der Waals surface area contributed by atoms with E-state index in [-0.39, 0.29) is 34.1 Å². The van der Waals surface area contributed by atoms with Gasteiger partial charge in [-0.1, -0.05) is 41.4 Å². The lowest BCUT2D eigenvalue weighted by Gasteiger charge is -2.44. The first-order chi connectivity index (χ1) is 24.0. The van der Waals surface area contributed by atoms with Crippen LogP contribution in [0.1, 0.15) is 57.4 Å². The zero-order valence-corrected chi connectivity index (χ0v) is 28.9. The number of halogens is 3. The minimum absolute atomic E-state index is 0.00871. The Hall–Kier alpha value is -4.58. The van der Waals surface area contributed by atoms with Gasteiger partial charge in [0.25, 0.3) is 0 Å². The molecule has 10 nitrogen and oxygen atoms in total. The van der Waals surface area contributed by atoms with Crippen LogP contribution in [0.5, 0.6) is 11.5 Å². The molecule has 0 saturated carbocycles. The summed E-state index contributed by atoms with van der Waals surface area (Å²) < 4.78 is 31.6. The van der Waals surface area contributed by atoms with E-state index in [1.165, 1.54) is 56.9 Å². The second-order valence-corrected chi connectivity index (χ2v) is 13.3. The lowest BCUT2D eigenvalue weighted by molar-refractivity contribution is -0.605. The minimum atomic E-state index is -1.18. The molecule has 13 heteroatoms. The Bertz CT molecular complexity index is 1860. The molecule has 4 aromatic rings. The highest BCUT2D eigenvalue weighted by molar-refractivity contribution is 6.35. The summed E-state index contributed by atoms with van der Waals surface area (Å²) in [6, 6.07) is 14.5. The number of pyridine rings is 1. The van der Waals surface area contributed by atoms with E-state index < -0.39 is 29.7 Å². The average molecular weight is 725 g/mol. The van der Waals surface area contributed by atoms with Crippen LogP contribution in [0.25, 0.3) is 0 Å². The van der Waals surface area contributed by atoms with Gasteiger partial charge in [-0.15, -0.1) is 0 Å². The number of anilines is 1. The van der Waals surface area contributed by atoms with Crippen molar-refractivity contribution in [2.75, 3.05) is 39.2 Å². The van der Waals surface area contributed by atoms with E-state index in [9.17, 15) is 24.3 Å². The fourth-order valence-electron chi connectivity index (χ4n) is 6.90. The number of aromatic carboxylic acids is 1. The van der Waals surface area contributed by atoms with Crippen LogP contribution in [-0.2, 0) is 16.0 Å². The van der Waals surface area contributed by atoms with Crippen molar-refractivity contribution in [3.05, 3.63) is 122 Å². The molecule has 3 aliphatic rings. The van der Waals surface area contributed by atoms with E-state index in [0.717, 1.165) is 25.9 Å². The first kappa shape index (κ1) is 35.3. The number of carbonyl (C=O) groups is 2. The molecule has 3 saturated heterocycles. The summed E-state index contributed by atoms with van der Waals surface area (Å²) in [6.07, 6.45) is 4.10. The second kappa shape index (κ2) is 15.1. The number of carboxylic acids is 1. The maximum Gasteiger partial charge on any atom is 0.335 e. The van der Waals surface area contributed by atoms with Gasteiger partial charge in [-0.25, -0.2) is 14.0 Å². The minimum Gasteiger partial charge on any atom is -0.619 e. The van der Waals surface area contributed by atoms with E-state index in [2.05, 4.69) is 10.2 Å². The first-order valence-corrected chi connectivity index (χ1v) is 16.9. The zero-order valence-electron chi connectivity index (χ0n) is 27.4. The highest BCUT2D eigenvalue weighted by atomic mass is 35.5. The normalized spacial score (nSPS) is 19.3. The average Bonchev–Trinajstić information content (AvgIpc) is 3.11. The van der Waals surface area contributed by atoms with Crippen molar-refractivity contribution in [2.24, 2.45) is 5.92 Å². The largest absolute Gasteiger partial charge is 0.619 e. The summed E-state index contributed by atoms with van der Waals surface area (Å²) >= 11 is 13.0. The van der Waals surface area contributed by atoms with Gasteiger partial charge in [0.1, 0.15) is 22.0 Å². The third-order valence-electron chi connectivity index (χ3n) is 9.55. The van der Waals surface area contributed by atoms with Gasteiger partial charge in [-0.2, -0.15) is 4.73 Å². The molecule has 2 bridgehead atoms. The number of carbonyl (C=O) groups excluding carboxylic acids is 1. The number of aromatic nitrogens is 1. The smallest absolute Gasteiger partial charge is 0.335 e. The lowest BCUT2D eigenvalue weighted by Crippen LogP contribution is -2.52. The Morgan fingerprint density at radius 3 is 2.24 bits per heavy atom. The van der Waals surface area contributed by atoms with Crippen molar-refractivity contribution in [3.63, 3.8) is 0 Å². The fraction of sp³-hybridized carbons (Fsp3) is 0.324. The number of carboxylic acid groups (broad SMARTS) is 1. The third-order valence-corrected chi connectivity index (χ3v) is 10.2. The van der Waals surface area contributed by atoms with Crippen LogP contribution in [0.3, 0.4) is 0 Å². The monoisotopic (exact) mass is 723 g/mol. The molecule has 3 aliphatic heterocycles. The number of piperidine rings is 3. The summed E-state index contributed by atoms with van der Waals surface area (Å²) in [5.41, 5.74) is 2.32. The van der Waals surface area contributed by atoms with Crippen LogP contribution in [0.15, 0.2) is 73.1 Å². The number of nitrogens with zero attached hydrogens (tertiary/aromatic N) is 2. The Balaban J connectivity index is 1.42. The van der Waals surface area contributed by atoms with Gasteiger partial charge < -0.3 is 29.8 Å². The number of nitrogens with one attached hydrogen (secondary N) is 1. The molecule has 2 N–H and O–H groups in total. The Labute approximate surface area is 298 Å². The van der Waals surface area contributed by atoms with Crippen molar-refractivity contribution < 1.29 is 38.0 Å². The van der Waals surface area contributed by atoms with Crippen molar-refractivity contribution >= 4 is 40.8 Å². The van der Waals surface area contributed by atoms with Gasteiger partial charge >= 0.3 is 11.9 Å². The maximum atomic E-state index is 14.0. The van der Waals surface area contributed by atoms with E-state index in [1.807, 2.05) is 0 Å². The van der Waals surface area contributed by atoms with Crippen LogP contribution >= 0.6 is 23.2 Å². The van der Waals surface area contributed by atoms with Gasteiger partial charge in [0.05, 0.1) is 19.8 Å². The van der Waals surface area contributed by atoms with E-state index in [1.54, 1.807) is 30.3 Å². The van der Waals surface area contributed by atoms with Gasteiger partial charge in [-0.3, -0.25) is 4.90 Å². The number of rotatable bonds is 12. The van der Waals surface area contributed by atoms with Crippen molar-refractivity contribution in [1.29, 1.82) is 0 Å². The molecule has 7 rings (SSSR count). The molecule has 1 aromatic heterocycles. The Morgan fingerprint density at radius 2 is 1.64 bits per heavy atom. The number of methoxy groups -OCH3 is 2. The predicted octanol–water partition coefficient (Wildman–Crippen LogP) is 6.65. The number of benzene rings is 3. The Morgan fingerprint density at radius 1 is 0.980 bits per heavy atom. The molecular weight excluding hydrogens is 688 g/mol. The van der Waals surface area contributed by atoms with Crippen molar-refractivity contribution in [1.82, 2.24) is 4.90 Å². The molecule has 4 heterocycles. The van der Waals surface area contributed by atoms with Gasteiger partial charge in [0, 0.05) is 23.7 Å². The molecule has 2 unspecified atom stereocenters. The van der Waals surface area contributed by atoms with E-state index >= 15 is 0 Å². The molecule has 3 atom stereocenters. The standard InChI is InChI=1S/C37H36Cl2FN3O7/c1-48-32-10-5-23(15-33(32)49-2)27(17-29-30(38)18-43(47)19-31(29)39)28-16-25(8-9-26(28)36(44)45)41-35(22-3-6-24(40)7-4-22)37(46)50-34-20-42-13-11-21(34)12-14-42/h3-10,15-16,18-19,21,27,34-35,41H,11-14,17,20H2,1-2H3,(H,44,45)/t27?,34-,35?/m0/s1. The predicted molar refractivity (Wildman–Crippen MR) is 186 cm³/mol.